The van der Waals surface area contributed by atoms with Crippen LogP contribution >= 0.6 is 12.2 Å². The first-order valence-corrected chi connectivity index (χ1v) is 6.82. The van der Waals surface area contributed by atoms with Gasteiger partial charge in [0.1, 0.15) is 5.92 Å². The van der Waals surface area contributed by atoms with Crippen LogP contribution in [0.5, 0.6) is 0 Å². The Morgan fingerprint density at radius 3 is 3.00 bits per heavy atom. The minimum absolute atomic E-state index is 0.0181. The number of ether oxygens (including phenoxy) is 2. The van der Waals surface area contributed by atoms with E-state index < -0.39 is 11.9 Å². The summed E-state index contributed by atoms with van der Waals surface area (Å²) in [5, 5.41) is 8.81. The molecule has 21 heavy (non-hydrogen) atoms. The number of carboxylic acids is 1. The van der Waals surface area contributed by atoms with Gasteiger partial charge in [-0.05, 0) is 24.7 Å². The van der Waals surface area contributed by atoms with Crippen LogP contribution < -0.4 is 0 Å². The summed E-state index contributed by atoms with van der Waals surface area (Å²) in [7, 11) is 0. The standard InChI is InChI=1S/C13H12N2O5S/c16-11(17)2-1-3-15-12(18)7-4-9-10(20-6-19-9)5-8(7)14-13(15)21/h4-5,7H,1-3,6H2,(H,16,17). The Labute approximate surface area is 125 Å². The smallest absolute Gasteiger partial charge is 0.303 e. The molecule has 0 aromatic rings. The van der Waals surface area contributed by atoms with Gasteiger partial charge in [-0.2, -0.15) is 0 Å². The third-order valence-corrected chi connectivity index (χ3v) is 3.66. The van der Waals surface area contributed by atoms with Crippen LogP contribution in [0.3, 0.4) is 0 Å². The normalized spacial score (nSPS) is 23.3. The molecule has 1 amide bonds. The summed E-state index contributed by atoms with van der Waals surface area (Å²) < 4.78 is 10.5. The van der Waals surface area contributed by atoms with Crippen molar-refractivity contribution < 1.29 is 24.2 Å². The van der Waals surface area contributed by atoms with Crippen molar-refractivity contribution in [3.05, 3.63) is 23.7 Å². The molecule has 7 nitrogen and oxygen atoms in total. The molecule has 0 aromatic heterocycles. The highest BCUT2D eigenvalue weighted by Crippen LogP contribution is 2.31. The van der Waals surface area contributed by atoms with Gasteiger partial charge in [-0.15, -0.1) is 0 Å². The predicted octanol–water partition coefficient (Wildman–Crippen LogP) is 0.821. The molecular weight excluding hydrogens is 296 g/mol. The number of hydrogen-bond donors (Lipinski definition) is 1. The Hall–Kier alpha value is -2.22. The molecular formula is C13H12N2O5S. The Morgan fingerprint density at radius 2 is 2.24 bits per heavy atom. The highest BCUT2D eigenvalue weighted by Gasteiger charge is 2.38. The van der Waals surface area contributed by atoms with Crippen molar-refractivity contribution in [1.82, 2.24) is 4.90 Å². The second-order valence-electron chi connectivity index (χ2n) is 4.73. The molecule has 1 fully saturated rings. The summed E-state index contributed by atoms with van der Waals surface area (Å²) in [6.07, 6.45) is 3.63. The van der Waals surface area contributed by atoms with Crippen LogP contribution in [0.15, 0.2) is 28.7 Å². The fourth-order valence-electron chi connectivity index (χ4n) is 2.33. The van der Waals surface area contributed by atoms with E-state index in [-0.39, 0.29) is 30.8 Å². The van der Waals surface area contributed by atoms with Gasteiger partial charge in [0.2, 0.25) is 17.8 Å². The van der Waals surface area contributed by atoms with E-state index in [0.717, 1.165) is 0 Å². The molecule has 1 unspecified atom stereocenters. The van der Waals surface area contributed by atoms with Crippen molar-refractivity contribution in [2.24, 2.45) is 10.9 Å². The molecule has 0 radical (unpaired) electrons. The average molecular weight is 308 g/mol. The second kappa shape index (κ2) is 5.28. The third kappa shape index (κ3) is 2.54. The Morgan fingerprint density at radius 1 is 1.48 bits per heavy atom. The summed E-state index contributed by atoms with van der Waals surface area (Å²) in [6.45, 7) is 0.368. The number of amides is 1. The van der Waals surface area contributed by atoms with Gasteiger partial charge in [0.15, 0.2) is 11.5 Å². The van der Waals surface area contributed by atoms with Crippen LogP contribution in [-0.2, 0) is 19.1 Å². The summed E-state index contributed by atoms with van der Waals surface area (Å²) >= 11 is 5.12. The monoisotopic (exact) mass is 308 g/mol. The first-order valence-electron chi connectivity index (χ1n) is 6.41. The first kappa shape index (κ1) is 13.7. The summed E-state index contributed by atoms with van der Waals surface area (Å²) in [4.78, 5) is 28.6. The number of fused-ring (bicyclic) bond motifs is 2. The fraction of sp³-hybridized carbons (Fsp3) is 0.385. The number of carbonyl (C=O) groups excluding carboxylic acids is 1. The molecule has 0 aromatic carbocycles. The maximum absolute atomic E-state index is 12.5. The highest BCUT2D eigenvalue weighted by atomic mass is 32.1. The SMILES string of the molecule is O=C(O)CCCN1C(=O)C2C=C3OCOC3=CC2=NC1=S. The van der Waals surface area contributed by atoms with Crippen molar-refractivity contribution in [2.45, 2.75) is 12.8 Å². The molecule has 0 saturated carbocycles. The van der Waals surface area contributed by atoms with Crippen LogP contribution in [0.4, 0.5) is 0 Å². The van der Waals surface area contributed by atoms with E-state index in [1.807, 2.05) is 0 Å². The molecule has 2 heterocycles. The zero-order chi connectivity index (χ0) is 15.0. The highest BCUT2D eigenvalue weighted by molar-refractivity contribution is 7.80. The average Bonchev–Trinajstić information content (AvgIpc) is 2.87. The van der Waals surface area contributed by atoms with Crippen LogP contribution in [0.1, 0.15) is 12.8 Å². The number of aliphatic imine (C=N–C) groups is 1. The number of aliphatic carboxylic acids is 1. The van der Waals surface area contributed by atoms with E-state index in [9.17, 15) is 9.59 Å². The van der Waals surface area contributed by atoms with Crippen molar-refractivity contribution in [3.8, 4) is 0 Å². The molecule has 0 spiro atoms. The van der Waals surface area contributed by atoms with Gasteiger partial charge in [0.05, 0.1) is 5.71 Å². The van der Waals surface area contributed by atoms with Crippen LogP contribution in [0.2, 0.25) is 0 Å². The zero-order valence-electron chi connectivity index (χ0n) is 10.9. The second-order valence-corrected chi connectivity index (χ2v) is 5.10. The minimum Gasteiger partial charge on any atom is -0.481 e. The lowest BCUT2D eigenvalue weighted by atomic mass is 9.94. The molecule has 2 aliphatic heterocycles. The number of rotatable bonds is 4. The van der Waals surface area contributed by atoms with E-state index >= 15 is 0 Å². The van der Waals surface area contributed by atoms with Gasteiger partial charge >= 0.3 is 5.97 Å². The number of thiocarbonyl (C=S) groups is 1. The van der Waals surface area contributed by atoms with Gasteiger partial charge < -0.3 is 14.6 Å². The number of carbonyl (C=O) groups is 2. The largest absolute Gasteiger partial charge is 0.481 e. The molecule has 1 N–H and O–H groups in total. The molecule has 1 atom stereocenters. The fourth-order valence-corrected chi connectivity index (χ4v) is 2.62. The van der Waals surface area contributed by atoms with Gasteiger partial charge in [-0.3, -0.25) is 14.5 Å². The first-order chi connectivity index (χ1) is 10.1. The molecule has 110 valence electrons. The van der Waals surface area contributed by atoms with Crippen molar-refractivity contribution in [1.29, 1.82) is 0 Å². The van der Waals surface area contributed by atoms with E-state index in [1.54, 1.807) is 12.2 Å². The molecule has 0 bridgehead atoms. The lowest BCUT2D eigenvalue weighted by molar-refractivity contribution is -0.137. The third-order valence-electron chi connectivity index (χ3n) is 3.35. The maximum atomic E-state index is 12.5. The van der Waals surface area contributed by atoms with E-state index in [0.29, 0.717) is 23.7 Å². The Kier molecular flexibility index (Phi) is 3.46. The van der Waals surface area contributed by atoms with E-state index in [2.05, 4.69) is 4.99 Å². The molecule has 8 heteroatoms. The number of carboxylic acid groups (broad SMARTS) is 1. The van der Waals surface area contributed by atoms with Gasteiger partial charge in [-0.1, -0.05) is 0 Å². The number of allylic oxidation sites excluding steroid dienone is 1. The van der Waals surface area contributed by atoms with E-state index in [4.69, 9.17) is 26.8 Å². The van der Waals surface area contributed by atoms with Gasteiger partial charge in [0.25, 0.3) is 0 Å². The number of hydrogen-bond acceptors (Lipinski definition) is 5. The van der Waals surface area contributed by atoms with Crippen molar-refractivity contribution in [2.75, 3.05) is 13.3 Å². The molecule has 3 aliphatic rings. The van der Waals surface area contributed by atoms with Gasteiger partial charge in [0, 0.05) is 19.0 Å². The summed E-state index contributed by atoms with van der Waals surface area (Å²) in [6, 6.07) is 0. The molecule has 3 rings (SSSR count). The van der Waals surface area contributed by atoms with Crippen LogP contribution in [-0.4, -0.2) is 46.0 Å². The molecule has 1 saturated heterocycles. The topological polar surface area (TPSA) is 88.4 Å². The predicted molar refractivity (Wildman–Crippen MR) is 75.3 cm³/mol. The number of nitrogens with zero attached hydrogens (tertiary/aromatic N) is 2. The minimum atomic E-state index is -0.904. The van der Waals surface area contributed by atoms with Crippen molar-refractivity contribution >= 4 is 34.9 Å². The van der Waals surface area contributed by atoms with Crippen LogP contribution in [0.25, 0.3) is 0 Å². The quantitative estimate of drug-likeness (QED) is 0.774. The molecule has 1 aliphatic carbocycles. The van der Waals surface area contributed by atoms with Crippen LogP contribution in [0, 0.1) is 5.92 Å². The Bertz CT molecular complexity index is 622. The summed E-state index contributed by atoms with van der Waals surface area (Å²) in [5.41, 5.74) is 0.531. The van der Waals surface area contributed by atoms with Gasteiger partial charge in [-0.25, -0.2) is 4.99 Å². The Balaban J connectivity index is 1.80. The van der Waals surface area contributed by atoms with E-state index in [1.165, 1.54) is 4.90 Å². The summed E-state index contributed by atoms with van der Waals surface area (Å²) in [5.74, 6) is -0.584. The lowest BCUT2D eigenvalue weighted by Gasteiger charge is -2.30. The lowest BCUT2D eigenvalue weighted by Crippen LogP contribution is -2.46. The zero-order valence-corrected chi connectivity index (χ0v) is 11.8. The maximum Gasteiger partial charge on any atom is 0.303 e. The van der Waals surface area contributed by atoms with Crippen molar-refractivity contribution in [3.63, 3.8) is 0 Å².